The zero-order chi connectivity index (χ0) is 10.1. The molecular formula is C10H10N4. The van der Waals surface area contributed by atoms with Gasteiger partial charge in [0.2, 0.25) is 0 Å². The lowest BCUT2D eigenvalue weighted by Gasteiger charge is -2.05. The van der Waals surface area contributed by atoms with E-state index in [2.05, 4.69) is 21.6 Å². The van der Waals surface area contributed by atoms with Crippen LogP contribution in [0, 0.1) is 18.3 Å². The van der Waals surface area contributed by atoms with Gasteiger partial charge in [0.15, 0.2) is 5.69 Å². The number of aromatic amines is 1. The number of aryl methyl sites for hydroxylation is 1. The molecule has 0 aliphatic carbocycles. The maximum absolute atomic E-state index is 8.88. The van der Waals surface area contributed by atoms with Crippen LogP contribution in [0.5, 0.6) is 0 Å². The summed E-state index contributed by atoms with van der Waals surface area (Å²) in [5.74, 6) is 0. The quantitative estimate of drug-likeness (QED) is 0.713. The van der Waals surface area contributed by atoms with Gasteiger partial charge in [-0.25, -0.2) is 0 Å². The summed E-state index contributed by atoms with van der Waals surface area (Å²) in [6, 6.07) is 5.99. The van der Waals surface area contributed by atoms with E-state index >= 15 is 0 Å². The topological polar surface area (TPSA) is 64.5 Å². The van der Waals surface area contributed by atoms with Gasteiger partial charge in [-0.2, -0.15) is 10.4 Å². The SMILES string of the molecule is CNc1c(C)ccc2[nH]nc(C#N)c12. The van der Waals surface area contributed by atoms with Gasteiger partial charge in [-0.15, -0.1) is 0 Å². The molecule has 0 fully saturated rings. The molecule has 1 heterocycles. The minimum absolute atomic E-state index is 0.438. The first-order chi connectivity index (χ1) is 6.77. The van der Waals surface area contributed by atoms with Gasteiger partial charge in [0.1, 0.15) is 6.07 Å². The van der Waals surface area contributed by atoms with E-state index < -0.39 is 0 Å². The molecule has 2 aromatic rings. The fourth-order valence-electron chi connectivity index (χ4n) is 1.62. The number of rotatable bonds is 1. The van der Waals surface area contributed by atoms with E-state index in [0.717, 1.165) is 22.2 Å². The van der Waals surface area contributed by atoms with Gasteiger partial charge < -0.3 is 5.32 Å². The van der Waals surface area contributed by atoms with Gasteiger partial charge in [0, 0.05) is 12.7 Å². The summed E-state index contributed by atoms with van der Waals surface area (Å²) in [5.41, 5.74) is 3.40. The third-order valence-electron chi connectivity index (χ3n) is 2.29. The van der Waals surface area contributed by atoms with Crippen molar-refractivity contribution in [3.8, 4) is 6.07 Å². The molecule has 0 atom stereocenters. The molecule has 0 amide bonds. The Morgan fingerprint density at radius 3 is 2.93 bits per heavy atom. The van der Waals surface area contributed by atoms with Crippen LogP contribution < -0.4 is 5.32 Å². The Morgan fingerprint density at radius 1 is 1.50 bits per heavy atom. The Hall–Kier alpha value is -2.02. The Bertz CT molecular complexity index is 519. The van der Waals surface area contributed by atoms with E-state index in [1.165, 1.54) is 0 Å². The standard InChI is InChI=1S/C10H10N4/c1-6-3-4-7-9(10(6)12-2)8(5-11)14-13-7/h3-4,12H,1-2H3,(H,13,14). The zero-order valence-electron chi connectivity index (χ0n) is 8.05. The Kier molecular flexibility index (Phi) is 1.86. The lowest BCUT2D eigenvalue weighted by Crippen LogP contribution is -1.92. The summed E-state index contributed by atoms with van der Waals surface area (Å²) in [6.07, 6.45) is 0. The maximum Gasteiger partial charge on any atom is 0.172 e. The highest BCUT2D eigenvalue weighted by Crippen LogP contribution is 2.27. The van der Waals surface area contributed by atoms with Crippen LogP contribution in [0.1, 0.15) is 11.3 Å². The number of hydrogen-bond donors (Lipinski definition) is 2. The molecule has 0 aliphatic rings. The highest BCUT2D eigenvalue weighted by molar-refractivity contribution is 5.96. The van der Waals surface area contributed by atoms with Crippen LogP contribution in [0.4, 0.5) is 5.69 Å². The second kappa shape index (κ2) is 3.04. The molecule has 2 N–H and O–H groups in total. The summed E-state index contributed by atoms with van der Waals surface area (Å²) in [7, 11) is 1.84. The van der Waals surface area contributed by atoms with E-state index in [4.69, 9.17) is 5.26 Å². The fraction of sp³-hybridized carbons (Fsp3) is 0.200. The first-order valence-corrected chi connectivity index (χ1v) is 4.33. The van der Waals surface area contributed by atoms with E-state index in [1.54, 1.807) is 0 Å². The minimum atomic E-state index is 0.438. The smallest absolute Gasteiger partial charge is 0.172 e. The Morgan fingerprint density at radius 2 is 2.29 bits per heavy atom. The minimum Gasteiger partial charge on any atom is -0.387 e. The lowest BCUT2D eigenvalue weighted by molar-refractivity contribution is 1.10. The molecule has 4 nitrogen and oxygen atoms in total. The zero-order valence-corrected chi connectivity index (χ0v) is 8.05. The fourth-order valence-corrected chi connectivity index (χ4v) is 1.62. The molecule has 2 rings (SSSR count). The van der Waals surface area contributed by atoms with Crippen molar-refractivity contribution in [1.82, 2.24) is 10.2 Å². The number of nitrogens with zero attached hydrogens (tertiary/aromatic N) is 2. The normalized spacial score (nSPS) is 10.1. The number of hydrogen-bond acceptors (Lipinski definition) is 3. The first-order valence-electron chi connectivity index (χ1n) is 4.33. The van der Waals surface area contributed by atoms with Gasteiger partial charge in [0.05, 0.1) is 10.9 Å². The predicted molar refractivity (Wildman–Crippen MR) is 55.1 cm³/mol. The van der Waals surface area contributed by atoms with Crippen LogP contribution in [-0.2, 0) is 0 Å². The molecule has 0 aliphatic heterocycles. The van der Waals surface area contributed by atoms with Crippen LogP contribution in [0.3, 0.4) is 0 Å². The van der Waals surface area contributed by atoms with E-state index in [-0.39, 0.29) is 0 Å². The summed E-state index contributed by atoms with van der Waals surface area (Å²) < 4.78 is 0. The number of H-pyrrole nitrogens is 1. The highest BCUT2D eigenvalue weighted by Gasteiger charge is 2.10. The molecule has 0 spiro atoms. The molecule has 1 aromatic heterocycles. The van der Waals surface area contributed by atoms with Crippen molar-refractivity contribution in [1.29, 1.82) is 5.26 Å². The van der Waals surface area contributed by atoms with Crippen LogP contribution in [0.25, 0.3) is 10.9 Å². The predicted octanol–water partition coefficient (Wildman–Crippen LogP) is 1.78. The number of aromatic nitrogens is 2. The highest BCUT2D eigenvalue weighted by atomic mass is 15.1. The van der Waals surface area contributed by atoms with Crippen molar-refractivity contribution in [2.45, 2.75) is 6.92 Å². The van der Waals surface area contributed by atoms with E-state index in [9.17, 15) is 0 Å². The largest absolute Gasteiger partial charge is 0.387 e. The molecule has 4 heteroatoms. The summed E-state index contributed by atoms with van der Waals surface area (Å²) in [4.78, 5) is 0. The van der Waals surface area contributed by atoms with Crippen molar-refractivity contribution in [2.24, 2.45) is 0 Å². The number of fused-ring (bicyclic) bond motifs is 1. The third kappa shape index (κ3) is 1.03. The number of nitrogens with one attached hydrogen (secondary N) is 2. The molecule has 1 aromatic carbocycles. The monoisotopic (exact) mass is 186 g/mol. The van der Waals surface area contributed by atoms with Crippen molar-refractivity contribution < 1.29 is 0 Å². The first kappa shape index (κ1) is 8.57. The summed E-state index contributed by atoms with van der Waals surface area (Å²) in [6.45, 7) is 2.00. The maximum atomic E-state index is 8.88. The summed E-state index contributed by atoms with van der Waals surface area (Å²) >= 11 is 0. The Balaban J connectivity index is 2.90. The Labute approximate surface area is 81.5 Å². The van der Waals surface area contributed by atoms with Crippen LogP contribution in [0.2, 0.25) is 0 Å². The third-order valence-corrected chi connectivity index (χ3v) is 2.29. The van der Waals surface area contributed by atoms with Gasteiger partial charge >= 0.3 is 0 Å². The number of anilines is 1. The van der Waals surface area contributed by atoms with Crippen LogP contribution in [-0.4, -0.2) is 17.2 Å². The van der Waals surface area contributed by atoms with E-state index in [1.807, 2.05) is 26.1 Å². The van der Waals surface area contributed by atoms with Crippen LogP contribution in [0.15, 0.2) is 12.1 Å². The van der Waals surface area contributed by atoms with Crippen molar-refractivity contribution in [3.05, 3.63) is 23.4 Å². The molecule has 0 unspecified atom stereocenters. The van der Waals surface area contributed by atoms with Crippen molar-refractivity contribution >= 4 is 16.6 Å². The van der Waals surface area contributed by atoms with Gasteiger partial charge in [-0.1, -0.05) is 6.07 Å². The second-order valence-electron chi connectivity index (χ2n) is 3.11. The van der Waals surface area contributed by atoms with E-state index in [0.29, 0.717) is 5.69 Å². The molecule has 14 heavy (non-hydrogen) atoms. The van der Waals surface area contributed by atoms with Crippen LogP contribution >= 0.6 is 0 Å². The molecule has 0 saturated heterocycles. The molecular weight excluding hydrogens is 176 g/mol. The summed E-state index contributed by atoms with van der Waals surface area (Å²) in [5, 5.41) is 19.6. The molecule has 0 saturated carbocycles. The van der Waals surface area contributed by atoms with Crippen molar-refractivity contribution in [2.75, 3.05) is 12.4 Å². The molecule has 0 radical (unpaired) electrons. The molecule has 0 bridgehead atoms. The van der Waals surface area contributed by atoms with Gasteiger partial charge in [-0.3, -0.25) is 5.10 Å². The van der Waals surface area contributed by atoms with Crippen molar-refractivity contribution in [3.63, 3.8) is 0 Å². The van der Waals surface area contributed by atoms with Gasteiger partial charge in [-0.05, 0) is 18.6 Å². The number of nitriles is 1. The van der Waals surface area contributed by atoms with Gasteiger partial charge in [0.25, 0.3) is 0 Å². The second-order valence-corrected chi connectivity index (χ2v) is 3.11. The number of benzene rings is 1. The average Bonchev–Trinajstić information content (AvgIpc) is 2.61. The average molecular weight is 186 g/mol. The lowest BCUT2D eigenvalue weighted by atomic mass is 10.1. The molecule has 70 valence electrons.